The number of nitrogens with zero attached hydrogens (tertiary/aromatic N) is 2. The SMILES string of the molecule is Cc1ccc(-c2nn(S(=O)(=O)c3ccc(C)cc3)c(-c3ccc(C)cc3)c2C)cc1. The molecule has 0 fully saturated rings. The normalized spacial score (nSPS) is 11.6. The summed E-state index contributed by atoms with van der Waals surface area (Å²) in [5.74, 6) is 0. The zero-order valence-electron chi connectivity index (χ0n) is 17.5. The highest BCUT2D eigenvalue weighted by molar-refractivity contribution is 7.90. The summed E-state index contributed by atoms with van der Waals surface area (Å²) >= 11 is 0. The summed E-state index contributed by atoms with van der Waals surface area (Å²) < 4.78 is 28.3. The lowest BCUT2D eigenvalue weighted by molar-refractivity contribution is 0.581. The highest BCUT2D eigenvalue weighted by Gasteiger charge is 2.27. The van der Waals surface area contributed by atoms with Crippen molar-refractivity contribution < 1.29 is 8.42 Å². The molecule has 0 aliphatic rings. The molecule has 4 aromatic rings. The molecule has 0 atom stereocenters. The largest absolute Gasteiger partial charge is 0.283 e. The highest BCUT2D eigenvalue weighted by atomic mass is 32.2. The Morgan fingerprint density at radius 2 is 1.07 bits per heavy atom. The average Bonchev–Trinajstić information content (AvgIpc) is 3.07. The van der Waals surface area contributed by atoms with Crippen LogP contribution in [-0.2, 0) is 10.0 Å². The van der Waals surface area contributed by atoms with E-state index in [0.29, 0.717) is 11.4 Å². The van der Waals surface area contributed by atoms with Gasteiger partial charge in [-0.2, -0.15) is 17.6 Å². The fourth-order valence-corrected chi connectivity index (χ4v) is 4.83. The molecule has 0 unspecified atom stereocenters. The molecule has 0 amide bonds. The van der Waals surface area contributed by atoms with Crippen LogP contribution in [0.15, 0.2) is 77.7 Å². The van der Waals surface area contributed by atoms with E-state index in [-0.39, 0.29) is 4.90 Å². The summed E-state index contributed by atoms with van der Waals surface area (Å²) in [5, 5.41) is 4.61. The van der Waals surface area contributed by atoms with Crippen LogP contribution in [0.25, 0.3) is 22.5 Å². The number of hydrogen-bond acceptors (Lipinski definition) is 3. The van der Waals surface area contributed by atoms with Gasteiger partial charge in [-0.15, -0.1) is 0 Å². The van der Waals surface area contributed by atoms with E-state index in [9.17, 15) is 8.42 Å². The van der Waals surface area contributed by atoms with Crippen LogP contribution in [0.3, 0.4) is 0 Å². The third-order valence-electron chi connectivity index (χ3n) is 5.29. The Kier molecular flexibility index (Phi) is 5.08. The van der Waals surface area contributed by atoms with Gasteiger partial charge in [0.1, 0.15) is 0 Å². The van der Waals surface area contributed by atoms with Gasteiger partial charge in [0.25, 0.3) is 10.0 Å². The first-order valence-electron chi connectivity index (χ1n) is 9.83. The van der Waals surface area contributed by atoms with Crippen LogP contribution in [0.5, 0.6) is 0 Å². The topological polar surface area (TPSA) is 52.0 Å². The van der Waals surface area contributed by atoms with E-state index in [1.54, 1.807) is 24.3 Å². The van der Waals surface area contributed by atoms with Crippen molar-refractivity contribution in [1.82, 2.24) is 9.19 Å². The van der Waals surface area contributed by atoms with Gasteiger partial charge in [0, 0.05) is 16.7 Å². The van der Waals surface area contributed by atoms with Crippen molar-refractivity contribution >= 4 is 10.0 Å². The van der Waals surface area contributed by atoms with Gasteiger partial charge in [-0.05, 0) is 39.8 Å². The van der Waals surface area contributed by atoms with E-state index >= 15 is 0 Å². The molecule has 3 aromatic carbocycles. The molecular weight excluding hydrogens is 392 g/mol. The molecule has 4 nitrogen and oxygen atoms in total. The number of benzene rings is 3. The zero-order chi connectivity index (χ0) is 21.5. The Labute approximate surface area is 177 Å². The average molecular weight is 417 g/mol. The van der Waals surface area contributed by atoms with E-state index in [1.165, 1.54) is 4.09 Å². The second kappa shape index (κ2) is 7.58. The molecule has 0 saturated carbocycles. The number of hydrogen-bond donors (Lipinski definition) is 0. The van der Waals surface area contributed by atoms with Crippen LogP contribution in [0.4, 0.5) is 0 Å². The second-order valence-corrected chi connectivity index (χ2v) is 9.48. The molecular formula is C25H24N2O2S. The van der Waals surface area contributed by atoms with Gasteiger partial charge < -0.3 is 0 Å². The van der Waals surface area contributed by atoms with Gasteiger partial charge >= 0.3 is 0 Å². The maximum atomic E-state index is 13.6. The Balaban J connectivity index is 1.98. The molecule has 4 rings (SSSR count). The molecule has 0 saturated heterocycles. The van der Waals surface area contributed by atoms with Crippen molar-refractivity contribution in [1.29, 1.82) is 0 Å². The van der Waals surface area contributed by atoms with Crippen molar-refractivity contribution in [2.24, 2.45) is 0 Å². The van der Waals surface area contributed by atoms with Gasteiger partial charge in [-0.1, -0.05) is 77.4 Å². The molecule has 1 heterocycles. The summed E-state index contributed by atoms with van der Waals surface area (Å²) in [5.41, 5.74) is 7.06. The third kappa shape index (κ3) is 3.57. The lowest BCUT2D eigenvalue weighted by atomic mass is 10.0. The van der Waals surface area contributed by atoms with Crippen LogP contribution in [0, 0.1) is 27.7 Å². The van der Waals surface area contributed by atoms with Crippen molar-refractivity contribution in [3.8, 4) is 22.5 Å². The predicted molar refractivity (Wildman–Crippen MR) is 121 cm³/mol. The Morgan fingerprint density at radius 3 is 1.57 bits per heavy atom. The lowest BCUT2D eigenvalue weighted by Gasteiger charge is -2.10. The van der Waals surface area contributed by atoms with E-state index < -0.39 is 10.0 Å². The van der Waals surface area contributed by atoms with Crippen molar-refractivity contribution in [3.63, 3.8) is 0 Å². The molecule has 0 radical (unpaired) electrons. The van der Waals surface area contributed by atoms with Gasteiger partial charge in [-0.3, -0.25) is 0 Å². The van der Waals surface area contributed by atoms with Crippen molar-refractivity contribution in [2.45, 2.75) is 32.6 Å². The molecule has 1 aromatic heterocycles. The highest BCUT2D eigenvalue weighted by Crippen LogP contribution is 2.34. The third-order valence-corrected chi connectivity index (χ3v) is 6.88. The molecule has 30 heavy (non-hydrogen) atoms. The minimum absolute atomic E-state index is 0.222. The van der Waals surface area contributed by atoms with Crippen LogP contribution in [-0.4, -0.2) is 17.6 Å². The summed E-state index contributed by atoms with van der Waals surface area (Å²) in [6, 6.07) is 22.7. The molecule has 0 bridgehead atoms. The fraction of sp³-hybridized carbons (Fsp3) is 0.160. The fourth-order valence-electron chi connectivity index (χ4n) is 3.48. The van der Waals surface area contributed by atoms with Gasteiger partial charge in [0.15, 0.2) is 0 Å². The number of rotatable bonds is 4. The lowest BCUT2D eigenvalue weighted by Crippen LogP contribution is -2.16. The molecule has 0 spiro atoms. The van der Waals surface area contributed by atoms with Crippen LogP contribution >= 0.6 is 0 Å². The van der Waals surface area contributed by atoms with Crippen LogP contribution in [0.1, 0.15) is 22.3 Å². The minimum atomic E-state index is -3.86. The number of aromatic nitrogens is 2. The van der Waals surface area contributed by atoms with Gasteiger partial charge in [-0.25, -0.2) is 0 Å². The molecule has 152 valence electrons. The smallest absolute Gasteiger partial charge is 0.199 e. The second-order valence-electron chi connectivity index (χ2n) is 7.72. The quantitative estimate of drug-likeness (QED) is 0.429. The minimum Gasteiger partial charge on any atom is -0.199 e. The first kappa shape index (κ1) is 20.1. The zero-order valence-corrected chi connectivity index (χ0v) is 18.4. The van der Waals surface area contributed by atoms with Crippen molar-refractivity contribution in [2.75, 3.05) is 0 Å². The Morgan fingerprint density at radius 1 is 0.633 bits per heavy atom. The van der Waals surface area contributed by atoms with Crippen LogP contribution in [0.2, 0.25) is 0 Å². The number of aryl methyl sites for hydroxylation is 3. The first-order chi connectivity index (χ1) is 14.3. The maximum absolute atomic E-state index is 13.6. The molecule has 0 aliphatic carbocycles. The van der Waals surface area contributed by atoms with Gasteiger partial charge in [0.2, 0.25) is 0 Å². The summed E-state index contributed by atoms with van der Waals surface area (Å²) in [4.78, 5) is 0.222. The van der Waals surface area contributed by atoms with Crippen molar-refractivity contribution in [3.05, 3.63) is 95.1 Å². The van der Waals surface area contributed by atoms with E-state index in [1.807, 2.05) is 76.2 Å². The standard InChI is InChI=1S/C25H24N2O2S/c1-17-5-11-21(12-6-17)24-20(4)25(22-13-7-18(2)8-14-22)27(26-24)30(28,29)23-15-9-19(3)10-16-23/h5-16H,1-4H3. The first-order valence-corrected chi connectivity index (χ1v) is 11.3. The van der Waals surface area contributed by atoms with Gasteiger partial charge in [0.05, 0.1) is 16.3 Å². The molecule has 0 aliphatic heterocycles. The monoisotopic (exact) mass is 416 g/mol. The predicted octanol–water partition coefficient (Wildman–Crippen LogP) is 5.69. The van der Waals surface area contributed by atoms with E-state index in [0.717, 1.165) is 33.4 Å². The van der Waals surface area contributed by atoms with E-state index in [2.05, 4.69) is 5.10 Å². The maximum Gasteiger partial charge on any atom is 0.283 e. The Hall–Kier alpha value is -3.18. The summed E-state index contributed by atoms with van der Waals surface area (Å²) in [6.07, 6.45) is 0. The Bertz CT molecular complexity index is 1300. The molecule has 0 N–H and O–H groups in total. The molecule has 5 heteroatoms. The van der Waals surface area contributed by atoms with E-state index in [4.69, 9.17) is 0 Å². The van der Waals surface area contributed by atoms with Crippen LogP contribution < -0.4 is 0 Å². The summed E-state index contributed by atoms with van der Waals surface area (Å²) in [7, 11) is -3.86. The summed E-state index contributed by atoms with van der Waals surface area (Å²) in [6.45, 7) is 7.89.